The van der Waals surface area contributed by atoms with Crippen LogP contribution in [0.25, 0.3) is 22.2 Å². The summed E-state index contributed by atoms with van der Waals surface area (Å²) < 4.78 is 5.86. The fourth-order valence-electron chi connectivity index (χ4n) is 3.37. The predicted molar refractivity (Wildman–Crippen MR) is 118 cm³/mol. The molecule has 0 radical (unpaired) electrons. The number of anilines is 1. The number of hydrogen-bond acceptors (Lipinski definition) is 6. The van der Waals surface area contributed by atoms with Crippen LogP contribution in [-0.4, -0.2) is 47.3 Å². The van der Waals surface area contributed by atoms with Gasteiger partial charge in [-0.05, 0) is 13.8 Å². The summed E-state index contributed by atoms with van der Waals surface area (Å²) >= 11 is 1.17. The normalized spacial score (nSPS) is 18.9. The third-order valence-corrected chi connectivity index (χ3v) is 10.4. The number of benzene rings is 1. The summed E-state index contributed by atoms with van der Waals surface area (Å²) in [5.41, 5.74) is 3.41. The maximum absolute atomic E-state index is 12.7. The molecule has 7 nitrogen and oxygen atoms in total. The Balaban J connectivity index is 1.53. The van der Waals surface area contributed by atoms with Crippen molar-refractivity contribution in [1.29, 1.82) is 0 Å². The molecule has 0 bridgehead atoms. The van der Waals surface area contributed by atoms with E-state index in [0.29, 0.717) is 5.88 Å². The van der Waals surface area contributed by atoms with E-state index in [2.05, 4.69) is 32.1 Å². The van der Waals surface area contributed by atoms with E-state index < -0.39 is 21.2 Å². The zero-order valence-electron chi connectivity index (χ0n) is 17.2. The molecule has 3 aromatic rings. The van der Waals surface area contributed by atoms with Gasteiger partial charge in [-0.1, -0.05) is 0 Å². The number of hydrogen-bond donors (Lipinski definition) is 3. The number of alkyl halides is 1. The molecule has 2 aromatic heterocycles. The summed E-state index contributed by atoms with van der Waals surface area (Å²) in [6, 6.07) is 9.65. The second kappa shape index (κ2) is 9.11. The Morgan fingerprint density at radius 2 is 2.20 bits per heavy atom. The van der Waals surface area contributed by atoms with Crippen molar-refractivity contribution >= 4 is 32.3 Å². The number of rotatable bonds is 7. The number of carbonyl (C=O) groups is 1. The van der Waals surface area contributed by atoms with Gasteiger partial charge in [-0.15, -0.1) is 0 Å². The van der Waals surface area contributed by atoms with E-state index >= 15 is 0 Å². The average Bonchev–Trinajstić information content (AvgIpc) is 3.35. The number of pyridine rings is 1. The maximum atomic E-state index is 12.7. The van der Waals surface area contributed by atoms with Crippen molar-refractivity contribution in [2.45, 2.75) is 29.1 Å². The van der Waals surface area contributed by atoms with Gasteiger partial charge in [-0.2, -0.15) is 0 Å². The van der Waals surface area contributed by atoms with Crippen LogP contribution in [0, 0.1) is 0 Å². The van der Waals surface area contributed by atoms with Gasteiger partial charge in [0.05, 0.1) is 0 Å². The van der Waals surface area contributed by atoms with Crippen molar-refractivity contribution in [2.24, 2.45) is 0 Å². The summed E-state index contributed by atoms with van der Waals surface area (Å²) in [6.45, 7) is 5.86. The molecule has 1 aromatic carbocycles. The molecule has 1 fully saturated rings. The summed E-state index contributed by atoms with van der Waals surface area (Å²) in [6.07, 6.45) is 5.01. The second-order valence-corrected chi connectivity index (χ2v) is 12.9. The number of thioether (sulfide) groups is 1. The van der Waals surface area contributed by atoms with Crippen molar-refractivity contribution < 1.29 is 30.7 Å². The van der Waals surface area contributed by atoms with Gasteiger partial charge in [0, 0.05) is 0 Å². The molecule has 0 aliphatic carbocycles. The molecule has 0 unspecified atom stereocenters. The van der Waals surface area contributed by atoms with Gasteiger partial charge in [0.1, 0.15) is 0 Å². The minimum atomic E-state index is -0.647. The molecule has 1 saturated heterocycles. The second-order valence-electron chi connectivity index (χ2n) is 7.39. The van der Waals surface area contributed by atoms with Crippen LogP contribution in [0.5, 0.6) is 5.88 Å². The van der Waals surface area contributed by atoms with Crippen LogP contribution in [0.3, 0.4) is 0 Å². The Kier molecular flexibility index (Phi) is 6.49. The SMILES string of the molecule is CS[C@@]1([I-]C(=O)Nc2ccc3[nH]nc(-c4ccc(OC(C)C)nc4)c3c2)CCNC1. The Hall–Kier alpha value is -1.85. The van der Waals surface area contributed by atoms with Gasteiger partial charge in [0.2, 0.25) is 0 Å². The topological polar surface area (TPSA) is 91.9 Å². The number of halogens is 1. The number of aromatic amines is 1. The van der Waals surface area contributed by atoms with Gasteiger partial charge >= 0.3 is 177 Å². The average molecular weight is 538 g/mol. The van der Waals surface area contributed by atoms with Crippen molar-refractivity contribution in [1.82, 2.24) is 20.5 Å². The first kappa shape index (κ1) is 21.4. The predicted octanol–water partition coefficient (Wildman–Crippen LogP) is 1.09. The first-order valence-electron chi connectivity index (χ1n) is 9.82. The van der Waals surface area contributed by atoms with Crippen LogP contribution >= 0.6 is 11.8 Å². The summed E-state index contributed by atoms with van der Waals surface area (Å²) in [4.78, 5) is 17.1. The zero-order chi connectivity index (χ0) is 21.1. The van der Waals surface area contributed by atoms with E-state index in [1.165, 1.54) is 0 Å². The molecule has 1 amide bonds. The van der Waals surface area contributed by atoms with Gasteiger partial charge in [0.15, 0.2) is 0 Å². The van der Waals surface area contributed by atoms with Crippen LogP contribution < -0.4 is 36.6 Å². The summed E-state index contributed by atoms with van der Waals surface area (Å²) in [5.74, 6) is 0.592. The van der Waals surface area contributed by atoms with Crippen molar-refractivity contribution in [3.8, 4) is 17.1 Å². The van der Waals surface area contributed by atoms with Crippen LogP contribution in [0.15, 0.2) is 36.5 Å². The number of carbonyl (C=O) groups excluding carboxylic acids is 1. The van der Waals surface area contributed by atoms with Gasteiger partial charge in [-0.25, -0.2) is 0 Å². The number of amides is 1. The molecule has 0 spiro atoms. The first-order valence-corrected chi connectivity index (χ1v) is 13.2. The molecule has 160 valence electrons. The minimum absolute atomic E-state index is 0.0776. The number of fused-ring (bicyclic) bond motifs is 1. The van der Waals surface area contributed by atoms with Crippen LogP contribution in [-0.2, 0) is 0 Å². The summed E-state index contributed by atoms with van der Waals surface area (Å²) in [7, 11) is 0. The molecule has 4 rings (SSSR count). The van der Waals surface area contributed by atoms with E-state index in [0.717, 1.165) is 47.4 Å². The van der Waals surface area contributed by atoms with Crippen molar-refractivity contribution in [2.75, 3.05) is 24.7 Å². The Morgan fingerprint density at radius 3 is 2.87 bits per heavy atom. The molecular weight excluding hydrogens is 513 g/mol. The number of ether oxygens (including phenoxy) is 1. The number of H-pyrrole nitrogens is 1. The molecule has 3 N–H and O–H groups in total. The Labute approximate surface area is 190 Å². The van der Waals surface area contributed by atoms with Crippen LogP contribution in [0.1, 0.15) is 20.3 Å². The van der Waals surface area contributed by atoms with E-state index in [-0.39, 0.29) is 12.8 Å². The molecule has 30 heavy (non-hydrogen) atoms. The molecule has 3 heterocycles. The Morgan fingerprint density at radius 1 is 1.33 bits per heavy atom. The molecular formula is C21H25IN5O2S-. The number of aromatic nitrogens is 3. The van der Waals surface area contributed by atoms with E-state index in [9.17, 15) is 4.79 Å². The zero-order valence-corrected chi connectivity index (χ0v) is 20.1. The monoisotopic (exact) mass is 538 g/mol. The van der Waals surface area contributed by atoms with Crippen LogP contribution in [0.2, 0.25) is 0 Å². The van der Waals surface area contributed by atoms with E-state index in [1.807, 2.05) is 55.9 Å². The quantitative estimate of drug-likeness (QED) is 0.181. The van der Waals surface area contributed by atoms with Crippen LogP contribution in [0.4, 0.5) is 10.5 Å². The van der Waals surface area contributed by atoms with Gasteiger partial charge in [0.25, 0.3) is 0 Å². The standard InChI is InChI=1S/C21H25IN5O2S/c1-13(2)29-18-7-4-14(11-24-18)19-16-10-15(5-6-17(16)26-27-19)25-20(28)22-21(30-3)8-9-23-12-21/h4-7,10-11,13,23H,8-9,12H2,1-3H3,(H,25,28)(H,26,27)/q-1/t21-/m0/s1. The third-order valence-electron chi connectivity index (χ3n) is 4.86. The first-order chi connectivity index (χ1) is 14.5. The van der Waals surface area contributed by atoms with Gasteiger partial charge < -0.3 is 0 Å². The third kappa shape index (κ3) is 4.73. The molecule has 0 saturated carbocycles. The molecule has 1 atom stereocenters. The summed E-state index contributed by atoms with van der Waals surface area (Å²) in [5, 5.41) is 15.0. The van der Waals surface area contributed by atoms with E-state index in [1.54, 1.807) is 6.20 Å². The fourth-order valence-corrected chi connectivity index (χ4v) is 7.47. The van der Waals surface area contributed by atoms with E-state index in [4.69, 9.17) is 4.74 Å². The fraction of sp³-hybridized carbons (Fsp3) is 0.381. The molecule has 9 heteroatoms. The van der Waals surface area contributed by atoms with Gasteiger partial charge in [-0.3, -0.25) is 0 Å². The number of nitrogens with one attached hydrogen (secondary N) is 3. The van der Waals surface area contributed by atoms with Crippen molar-refractivity contribution in [3.63, 3.8) is 0 Å². The number of nitrogens with zero attached hydrogens (tertiary/aromatic N) is 2. The van der Waals surface area contributed by atoms with Crippen molar-refractivity contribution in [3.05, 3.63) is 36.5 Å². The Bertz CT molecular complexity index is 1030. The molecule has 1 aliphatic heterocycles. The molecule has 1 aliphatic rings.